The second-order valence-corrected chi connectivity index (χ2v) is 8.63. The number of thioether (sulfide) groups is 1. The topological polar surface area (TPSA) is 66.7 Å². The molecule has 2 saturated heterocycles. The van der Waals surface area contributed by atoms with Crippen molar-refractivity contribution in [2.24, 2.45) is 0 Å². The number of carbonyl (C=O) groups is 2. The predicted molar refractivity (Wildman–Crippen MR) is 103 cm³/mol. The van der Waals surface area contributed by atoms with Crippen LogP contribution in [0.4, 0.5) is 0 Å². The van der Waals surface area contributed by atoms with E-state index in [9.17, 15) is 9.59 Å². The Kier molecular flexibility index (Phi) is 5.04. The first-order valence-electron chi connectivity index (χ1n) is 8.83. The normalized spacial score (nSPS) is 20.6. The average Bonchev–Trinajstić information content (AvgIpc) is 3.41. The molecule has 8 heteroatoms. The van der Waals surface area contributed by atoms with Gasteiger partial charge in [0.15, 0.2) is 10.8 Å². The molecule has 2 fully saturated rings. The Bertz CT molecular complexity index is 810. The molecule has 0 aliphatic carbocycles. The van der Waals surface area contributed by atoms with E-state index in [2.05, 4.69) is 4.98 Å². The molecule has 2 aliphatic rings. The van der Waals surface area contributed by atoms with E-state index in [1.165, 1.54) is 11.3 Å². The highest BCUT2D eigenvalue weighted by molar-refractivity contribution is 7.99. The molecule has 138 valence electrons. The van der Waals surface area contributed by atoms with Crippen LogP contribution < -0.4 is 0 Å². The summed E-state index contributed by atoms with van der Waals surface area (Å²) in [5, 5.41) is 2.45. The third-order valence-corrected chi connectivity index (χ3v) is 6.60. The summed E-state index contributed by atoms with van der Waals surface area (Å²) < 4.78 is 5.59. The van der Waals surface area contributed by atoms with Crippen LogP contribution in [0, 0.1) is 6.92 Å². The number of furan rings is 1. The van der Waals surface area contributed by atoms with E-state index in [0.717, 1.165) is 43.2 Å². The van der Waals surface area contributed by atoms with Crippen molar-refractivity contribution in [2.45, 2.75) is 25.8 Å². The monoisotopic (exact) mass is 391 g/mol. The first kappa shape index (κ1) is 17.6. The molecule has 26 heavy (non-hydrogen) atoms. The van der Waals surface area contributed by atoms with E-state index >= 15 is 0 Å². The Morgan fingerprint density at radius 3 is 2.77 bits per heavy atom. The Hall–Kier alpha value is -1.80. The lowest BCUT2D eigenvalue weighted by molar-refractivity contribution is -0.134. The van der Waals surface area contributed by atoms with Crippen LogP contribution in [0.3, 0.4) is 0 Å². The predicted octanol–water partition coefficient (Wildman–Crippen LogP) is 2.89. The maximum Gasteiger partial charge on any atom is 0.274 e. The quantitative estimate of drug-likeness (QED) is 0.805. The Morgan fingerprint density at radius 2 is 2.04 bits per heavy atom. The fraction of sp³-hybridized carbons (Fsp3) is 0.500. The zero-order chi connectivity index (χ0) is 18.1. The van der Waals surface area contributed by atoms with Crippen LogP contribution in [0.25, 0.3) is 10.8 Å². The molecule has 0 bridgehead atoms. The second-order valence-electron chi connectivity index (χ2n) is 6.54. The number of rotatable bonds is 3. The van der Waals surface area contributed by atoms with Crippen LogP contribution in [0.5, 0.6) is 0 Å². The molecule has 0 N–H and O–H groups in total. The third kappa shape index (κ3) is 3.40. The Morgan fingerprint density at radius 1 is 1.23 bits per heavy atom. The van der Waals surface area contributed by atoms with E-state index in [1.54, 1.807) is 10.3 Å². The van der Waals surface area contributed by atoms with Gasteiger partial charge in [0.1, 0.15) is 17.5 Å². The van der Waals surface area contributed by atoms with Crippen molar-refractivity contribution in [1.82, 2.24) is 14.8 Å². The van der Waals surface area contributed by atoms with Crippen LogP contribution in [-0.4, -0.2) is 63.8 Å². The number of amides is 2. The summed E-state index contributed by atoms with van der Waals surface area (Å²) >= 11 is 3.26. The summed E-state index contributed by atoms with van der Waals surface area (Å²) in [6.07, 6.45) is 1.60. The third-order valence-electron chi connectivity index (χ3n) is 4.80. The SMILES string of the molecule is Cc1ccc(-c2nc(C(=O)N3CCCC3C(=O)N3CCSCC3)cs2)o1. The van der Waals surface area contributed by atoms with E-state index in [-0.39, 0.29) is 17.9 Å². The Labute approximate surface area is 160 Å². The fourth-order valence-corrected chi connectivity index (χ4v) is 5.10. The number of likely N-dealkylation sites (tertiary alicyclic amines) is 1. The van der Waals surface area contributed by atoms with Crippen molar-refractivity contribution in [1.29, 1.82) is 0 Å². The van der Waals surface area contributed by atoms with E-state index in [1.807, 2.05) is 35.7 Å². The Balaban J connectivity index is 1.50. The maximum atomic E-state index is 13.0. The second kappa shape index (κ2) is 7.44. The van der Waals surface area contributed by atoms with E-state index in [4.69, 9.17) is 4.42 Å². The molecule has 1 atom stereocenters. The lowest BCUT2D eigenvalue weighted by Crippen LogP contribution is -2.50. The van der Waals surface area contributed by atoms with Crippen molar-refractivity contribution >= 4 is 34.9 Å². The summed E-state index contributed by atoms with van der Waals surface area (Å²) in [7, 11) is 0. The summed E-state index contributed by atoms with van der Waals surface area (Å²) in [4.78, 5) is 33.9. The molecule has 4 rings (SSSR count). The van der Waals surface area contributed by atoms with Crippen LogP contribution in [0.1, 0.15) is 29.1 Å². The number of nitrogens with zero attached hydrogens (tertiary/aromatic N) is 3. The molecule has 2 amide bonds. The number of thiazole rings is 1. The largest absolute Gasteiger partial charge is 0.459 e. The van der Waals surface area contributed by atoms with Crippen molar-refractivity contribution in [3.8, 4) is 10.8 Å². The van der Waals surface area contributed by atoms with Crippen LogP contribution in [-0.2, 0) is 4.79 Å². The smallest absolute Gasteiger partial charge is 0.274 e. The highest BCUT2D eigenvalue weighted by Crippen LogP contribution is 2.28. The van der Waals surface area contributed by atoms with Crippen LogP contribution >= 0.6 is 23.1 Å². The molecule has 2 aliphatic heterocycles. The highest BCUT2D eigenvalue weighted by atomic mass is 32.2. The van der Waals surface area contributed by atoms with Crippen molar-refractivity contribution < 1.29 is 14.0 Å². The van der Waals surface area contributed by atoms with Crippen LogP contribution in [0.2, 0.25) is 0 Å². The summed E-state index contributed by atoms with van der Waals surface area (Å²) in [5.41, 5.74) is 0.396. The molecular weight excluding hydrogens is 370 g/mol. The minimum Gasteiger partial charge on any atom is -0.459 e. The zero-order valence-corrected chi connectivity index (χ0v) is 16.3. The minimum absolute atomic E-state index is 0.0910. The number of hydrogen-bond donors (Lipinski definition) is 0. The lowest BCUT2D eigenvalue weighted by Gasteiger charge is -2.32. The van der Waals surface area contributed by atoms with Crippen molar-refractivity contribution in [3.63, 3.8) is 0 Å². The number of carbonyl (C=O) groups excluding carboxylic acids is 2. The van der Waals surface area contributed by atoms with E-state index in [0.29, 0.717) is 23.0 Å². The standard InChI is InChI=1S/C18H21N3O3S2/c1-12-4-5-15(24-12)16-19-13(11-26-16)17(22)21-6-2-3-14(21)18(23)20-7-9-25-10-8-20/h4-5,11,14H,2-3,6-10H2,1H3. The molecule has 1 unspecified atom stereocenters. The summed E-state index contributed by atoms with van der Waals surface area (Å²) in [6.45, 7) is 4.05. The van der Waals surface area contributed by atoms with Crippen LogP contribution in [0.15, 0.2) is 21.9 Å². The van der Waals surface area contributed by atoms with Gasteiger partial charge < -0.3 is 14.2 Å². The number of aromatic nitrogens is 1. The summed E-state index contributed by atoms with van der Waals surface area (Å²) in [5.74, 6) is 3.38. The zero-order valence-electron chi connectivity index (χ0n) is 14.6. The van der Waals surface area contributed by atoms with E-state index < -0.39 is 0 Å². The molecule has 2 aromatic heterocycles. The molecule has 0 aromatic carbocycles. The number of aryl methyl sites for hydroxylation is 1. The van der Waals surface area contributed by atoms with Gasteiger partial charge in [-0.3, -0.25) is 9.59 Å². The van der Waals surface area contributed by atoms with Gasteiger partial charge in [-0.05, 0) is 31.9 Å². The van der Waals surface area contributed by atoms with Crippen molar-refractivity contribution in [3.05, 3.63) is 29.0 Å². The molecule has 0 radical (unpaired) electrons. The highest BCUT2D eigenvalue weighted by Gasteiger charge is 2.38. The molecule has 6 nitrogen and oxygen atoms in total. The molecule has 2 aromatic rings. The van der Waals surface area contributed by atoms with Gasteiger partial charge >= 0.3 is 0 Å². The van der Waals surface area contributed by atoms with Crippen molar-refractivity contribution in [2.75, 3.05) is 31.1 Å². The molecule has 0 spiro atoms. The van der Waals surface area contributed by atoms with Gasteiger partial charge in [0.25, 0.3) is 5.91 Å². The number of hydrogen-bond acceptors (Lipinski definition) is 6. The lowest BCUT2D eigenvalue weighted by atomic mass is 10.2. The first-order chi connectivity index (χ1) is 12.6. The average molecular weight is 392 g/mol. The van der Waals surface area contributed by atoms with Gasteiger partial charge in [0.05, 0.1) is 0 Å². The van der Waals surface area contributed by atoms with Gasteiger partial charge in [0, 0.05) is 36.5 Å². The molecule has 0 saturated carbocycles. The minimum atomic E-state index is -0.346. The van der Waals surface area contributed by atoms with Gasteiger partial charge in [-0.2, -0.15) is 11.8 Å². The van der Waals surface area contributed by atoms with Gasteiger partial charge in [-0.25, -0.2) is 4.98 Å². The van der Waals surface area contributed by atoms with Gasteiger partial charge in [-0.15, -0.1) is 11.3 Å². The van der Waals surface area contributed by atoms with Gasteiger partial charge in [0.2, 0.25) is 5.91 Å². The fourth-order valence-electron chi connectivity index (χ4n) is 3.44. The maximum absolute atomic E-state index is 13.0. The summed E-state index contributed by atoms with van der Waals surface area (Å²) in [6, 6.07) is 3.39. The van der Waals surface area contributed by atoms with Gasteiger partial charge in [-0.1, -0.05) is 0 Å². The first-order valence-corrected chi connectivity index (χ1v) is 10.9. The molecule has 4 heterocycles. The molecular formula is C18H21N3O3S2.